The molecule has 0 aliphatic rings. The molecule has 0 bridgehead atoms. The fraction of sp³-hybridized carbons (Fsp3) is 0.733. The number of aromatic nitrogens is 1. The number of rotatable bonds is 10. The summed E-state index contributed by atoms with van der Waals surface area (Å²) in [6.07, 6.45) is 10.2. The zero-order valence-electron chi connectivity index (χ0n) is 12.0. The molecule has 0 aliphatic heterocycles. The van der Waals surface area contributed by atoms with Crippen LogP contribution < -0.4 is 0 Å². The van der Waals surface area contributed by atoms with Gasteiger partial charge in [0.05, 0.1) is 0 Å². The molecule has 0 radical (unpaired) electrons. The van der Waals surface area contributed by atoms with Crippen LogP contribution in [0.15, 0.2) is 10.7 Å². The van der Waals surface area contributed by atoms with E-state index in [-0.39, 0.29) is 17.1 Å². The van der Waals surface area contributed by atoms with Gasteiger partial charge in [-0.05, 0) is 24.4 Å². The van der Waals surface area contributed by atoms with Gasteiger partial charge in [0.2, 0.25) is 0 Å². The molecule has 0 amide bonds. The Labute approximate surface area is 120 Å². The van der Waals surface area contributed by atoms with Crippen LogP contribution >= 0.6 is 11.6 Å². The summed E-state index contributed by atoms with van der Waals surface area (Å²) in [6, 6.07) is 0. The highest BCUT2D eigenvalue weighted by molar-refractivity contribution is 6.27. The van der Waals surface area contributed by atoms with Crippen LogP contribution in [0.4, 0.5) is 0 Å². The van der Waals surface area contributed by atoms with E-state index in [0.29, 0.717) is 5.69 Å². The lowest BCUT2D eigenvalue weighted by atomic mass is 9.90. The van der Waals surface area contributed by atoms with Crippen molar-refractivity contribution < 1.29 is 9.21 Å². The summed E-state index contributed by atoms with van der Waals surface area (Å²) < 4.78 is 4.92. The predicted octanol–water partition coefficient (Wildman–Crippen LogP) is 5.29. The molecule has 1 aromatic rings. The van der Waals surface area contributed by atoms with Gasteiger partial charge < -0.3 is 4.42 Å². The number of carbonyl (C=O) groups excluding carboxylic acids is 1. The van der Waals surface area contributed by atoms with Crippen molar-refractivity contribution in [3.63, 3.8) is 0 Å². The molecular weight excluding hydrogens is 262 g/mol. The zero-order valence-corrected chi connectivity index (χ0v) is 12.7. The van der Waals surface area contributed by atoms with E-state index < -0.39 is 0 Å². The fourth-order valence-corrected chi connectivity index (χ4v) is 2.38. The van der Waals surface area contributed by atoms with E-state index in [0.717, 1.165) is 32.1 Å². The molecule has 0 saturated heterocycles. The van der Waals surface area contributed by atoms with Gasteiger partial charge in [-0.3, -0.25) is 4.79 Å². The van der Waals surface area contributed by atoms with Crippen LogP contribution in [-0.2, 0) is 0 Å². The first-order valence-electron chi connectivity index (χ1n) is 7.34. The number of halogens is 1. The summed E-state index contributed by atoms with van der Waals surface area (Å²) in [5, 5.41) is 0.0450. The summed E-state index contributed by atoms with van der Waals surface area (Å²) in [7, 11) is 0. The van der Waals surface area contributed by atoms with E-state index in [9.17, 15) is 4.79 Å². The van der Waals surface area contributed by atoms with Crippen molar-refractivity contribution in [3.05, 3.63) is 17.3 Å². The molecule has 1 heterocycles. The van der Waals surface area contributed by atoms with E-state index in [4.69, 9.17) is 16.0 Å². The van der Waals surface area contributed by atoms with Crippen LogP contribution in [0.2, 0.25) is 5.35 Å². The number of nitrogens with zero attached hydrogens (tertiary/aromatic N) is 1. The van der Waals surface area contributed by atoms with Crippen molar-refractivity contribution in [2.24, 2.45) is 5.92 Å². The van der Waals surface area contributed by atoms with Gasteiger partial charge in [-0.15, -0.1) is 0 Å². The molecule has 0 aliphatic carbocycles. The Balaban J connectivity index is 2.54. The minimum absolute atomic E-state index is 0.0450. The Morgan fingerprint density at radius 2 is 1.89 bits per heavy atom. The third-order valence-electron chi connectivity index (χ3n) is 3.41. The molecule has 108 valence electrons. The lowest BCUT2D eigenvalue weighted by molar-refractivity contribution is 0.0897. The number of hydrogen-bond donors (Lipinski definition) is 0. The van der Waals surface area contributed by atoms with Crippen molar-refractivity contribution in [3.8, 4) is 0 Å². The van der Waals surface area contributed by atoms with E-state index in [1.165, 1.54) is 25.5 Å². The molecule has 0 saturated carbocycles. The lowest BCUT2D eigenvalue weighted by Crippen LogP contribution is -2.15. The van der Waals surface area contributed by atoms with Crippen LogP contribution in [0, 0.1) is 5.92 Å². The number of hydrogen-bond acceptors (Lipinski definition) is 3. The Bertz CT molecular complexity index is 376. The number of ketones is 1. The Kier molecular flexibility index (Phi) is 7.80. The highest BCUT2D eigenvalue weighted by atomic mass is 35.5. The maximum Gasteiger partial charge on any atom is 0.292 e. The van der Waals surface area contributed by atoms with E-state index >= 15 is 0 Å². The van der Waals surface area contributed by atoms with Crippen LogP contribution in [0.3, 0.4) is 0 Å². The Hall–Kier alpha value is -0.830. The minimum atomic E-state index is 0.0450. The first kappa shape index (κ1) is 16.2. The van der Waals surface area contributed by atoms with Gasteiger partial charge in [0.15, 0.2) is 5.78 Å². The maximum atomic E-state index is 12.3. The smallest absolute Gasteiger partial charge is 0.292 e. The van der Waals surface area contributed by atoms with Crippen LogP contribution in [0.1, 0.15) is 75.7 Å². The Morgan fingerprint density at radius 3 is 2.47 bits per heavy atom. The van der Waals surface area contributed by atoms with Gasteiger partial charge in [0.1, 0.15) is 12.0 Å². The van der Waals surface area contributed by atoms with Crippen molar-refractivity contribution in [2.75, 3.05) is 0 Å². The van der Waals surface area contributed by atoms with Crippen LogP contribution in [0.25, 0.3) is 0 Å². The second kappa shape index (κ2) is 9.13. The molecule has 19 heavy (non-hydrogen) atoms. The number of oxazole rings is 1. The molecule has 0 fully saturated rings. The van der Waals surface area contributed by atoms with Gasteiger partial charge in [0.25, 0.3) is 5.35 Å². The van der Waals surface area contributed by atoms with Crippen molar-refractivity contribution in [1.82, 2.24) is 4.98 Å². The molecule has 3 nitrogen and oxygen atoms in total. The monoisotopic (exact) mass is 285 g/mol. The van der Waals surface area contributed by atoms with Crippen LogP contribution in [-0.4, -0.2) is 10.8 Å². The predicted molar refractivity (Wildman–Crippen MR) is 77.6 cm³/mol. The molecule has 1 aromatic heterocycles. The highest BCUT2D eigenvalue weighted by Crippen LogP contribution is 2.22. The quantitative estimate of drug-likeness (QED) is 0.433. The number of unbranched alkanes of at least 4 members (excludes halogenated alkanes) is 4. The lowest BCUT2D eigenvalue weighted by Gasteiger charge is -2.13. The molecule has 0 aromatic carbocycles. The SMILES string of the molecule is CCCCCCC(CCCC)C(=O)c1coc(Cl)n1. The van der Waals surface area contributed by atoms with Crippen molar-refractivity contribution in [2.45, 2.75) is 65.2 Å². The summed E-state index contributed by atoms with van der Waals surface area (Å²) in [5.41, 5.74) is 0.376. The summed E-state index contributed by atoms with van der Waals surface area (Å²) in [4.78, 5) is 16.3. The summed E-state index contributed by atoms with van der Waals surface area (Å²) >= 11 is 5.63. The standard InChI is InChI=1S/C15H24ClNO2/c1-3-5-7-8-10-12(9-6-4-2)14(18)13-11-19-15(16)17-13/h11-12H,3-10H2,1-2H3. The molecule has 1 rings (SSSR count). The van der Waals surface area contributed by atoms with Gasteiger partial charge in [-0.2, -0.15) is 4.98 Å². The average Bonchev–Trinajstić information content (AvgIpc) is 2.84. The van der Waals surface area contributed by atoms with Crippen molar-refractivity contribution in [1.29, 1.82) is 0 Å². The average molecular weight is 286 g/mol. The van der Waals surface area contributed by atoms with Crippen LogP contribution in [0.5, 0.6) is 0 Å². The third kappa shape index (κ3) is 5.77. The second-order valence-corrected chi connectivity index (χ2v) is 5.36. The van der Waals surface area contributed by atoms with Gasteiger partial charge in [0, 0.05) is 5.92 Å². The Morgan fingerprint density at radius 1 is 1.21 bits per heavy atom. The molecule has 0 spiro atoms. The van der Waals surface area contributed by atoms with Gasteiger partial charge >= 0.3 is 0 Å². The number of Topliss-reactive ketones (excluding diaryl/α,β-unsaturated/α-hetero) is 1. The van der Waals surface area contributed by atoms with Crippen molar-refractivity contribution >= 4 is 17.4 Å². The molecule has 1 atom stereocenters. The first-order valence-corrected chi connectivity index (χ1v) is 7.72. The highest BCUT2D eigenvalue weighted by Gasteiger charge is 2.22. The summed E-state index contributed by atoms with van der Waals surface area (Å²) in [6.45, 7) is 4.34. The van der Waals surface area contributed by atoms with E-state index in [1.54, 1.807) is 0 Å². The molecule has 1 unspecified atom stereocenters. The fourth-order valence-electron chi connectivity index (χ4n) is 2.25. The van der Waals surface area contributed by atoms with Gasteiger partial charge in [-0.1, -0.05) is 52.4 Å². The minimum Gasteiger partial charge on any atom is -0.435 e. The zero-order chi connectivity index (χ0) is 14.1. The summed E-state index contributed by atoms with van der Waals surface area (Å²) in [5.74, 6) is 0.151. The second-order valence-electron chi connectivity index (χ2n) is 5.04. The topological polar surface area (TPSA) is 43.1 Å². The third-order valence-corrected chi connectivity index (χ3v) is 3.59. The van der Waals surface area contributed by atoms with E-state index in [2.05, 4.69) is 18.8 Å². The van der Waals surface area contributed by atoms with Gasteiger partial charge in [-0.25, -0.2) is 0 Å². The number of carbonyl (C=O) groups is 1. The first-order chi connectivity index (χ1) is 9.19. The van der Waals surface area contributed by atoms with E-state index in [1.807, 2.05) is 0 Å². The molecule has 0 N–H and O–H groups in total. The molecular formula is C15H24ClNO2. The molecule has 4 heteroatoms. The maximum absolute atomic E-state index is 12.3. The largest absolute Gasteiger partial charge is 0.435 e. The normalized spacial score (nSPS) is 12.6.